The van der Waals surface area contributed by atoms with E-state index >= 15 is 0 Å². The summed E-state index contributed by atoms with van der Waals surface area (Å²) >= 11 is 0. The first-order valence-electron chi connectivity index (χ1n) is 6.77. The van der Waals surface area contributed by atoms with Crippen molar-refractivity contribution >= 4 is 0 Å². The van der Waals surface area contributed by atoms with Crippen molar-refractivity contribution in [1.29, 1.82) is 0 Å². The Labute approximate surface area is 94.8 Å². The Morgan fingerprint density at radius 1 is 0.933 bits per heavy atom. The van der Waals surface area contributed by atoms with Crippen molar-refractivity contribution < 1.29 is 0 Å². The second-order valence-corrected chi connectivity index (χ2v) is 8.10. The van der Waals surface area contributed by atoms with Gasteiger partial charge < -0.3 is 0 Å². The molecule has 3 aliphatic carbocycles. The molecule has 3 rings (SSSR count). The molecule has 3 aliphatic rings. The highest BCUT2D eigenvalue weighted by Crippen LogP contribution is 2.75. The maximum Gasteiger partial charge on any atom is -0.0240 e. The van der Waals surface area contributed by atoms with Gasteiger partial charge in [0, 0.05) is 0 Å². The van der Waals surface area contributed by atoms with Crippen LogP contribution in [0.5, 0.6) is 0 Å². The first kappa shape index (κ1) is 10.2. The van der Waals surface area contributed by atoms with Crippen LogP contribution in [0, 0.1) is 34.0 Å². The quantitative estimate of drug-likeness (QED) is 0.624. The average molecular weight is 206 g/mol. The average Bonchev–Trinajstić information content (AvgIpc) is 2.88. The van der Waals surface area contributed by atoms with Crippen LogP contribution in [0.3, 0.4) is 0 Å². The van der Waals surface area contributed by atoms with Gasteiger partial charge >= 0.3 is 0 Å². The fourth-order valence-corrected chi connectivity index (χ4v) is 4.40. The first-order valence-corrected chi connectivity index (χ1v) is 6.77. The molecule has 4 atom stereocenters. The third-order valence-corrected chi connectivity index (χ3v) is 6.76. The predicted octanol–water partition coefficient (Wildman–Crippen LogP) is 4.49. The van der Waals surface area contributed by atoms with Crippen LogP contribution in [0.4, 0.5) is 0 Å². The number of rotatable bonds is 2. The molecule has 0 aromatic rings. The van der Waals surface area contributed by atoms with E-state index in [1.54, 1.807) is 0 Å². The summed E-state index contributed by atoms with van der Waals surface area (Å²) in [5.74, 6) is 3.15. The molecule has 0 bridgehead atoms. The Morgan fingerprint density at radius 3 is 1.93 bits per heavy atom. The monoisotopic (exact) mass is 206 g/mol. The molecule has 0 aliphatic heterocycles. The van der Waals surface area contributed by atoms with Gasteiger partial charge in [-0.15, -0.1) is 0 Å². The Balaban J connectivity index is 1.70. The largest absolute Gasteiger partial charge is 0.0596 e. The highest BCUT2D eigenvalue weighted by molar-refractivity contribution is 5.16. The second kappa shape index (κ2) is 2.46. The lowest BCUT2D eigenvalue weighted by atomic mass is 9.69. The minimum absolute atomic E-state index is 0.621. The van der Waals surface area contributed by atoms with E-state index in [9.17, 15) is 0 Å². The maximum atomic E-state index is 2.54. The summed E-state index contributed by atoms with van der Waals surface area (Å²) in [6.45, 7) is 12.5. The van der Waals surface area contributed by atoms with Crippen LogP contribution >= 0.6 is 0 Å². The van der Waals surface area contributed by atoms with Crippen molar-refractivity contribution in [3.8, 4) is 0 Å². The smallest absolute Gasteiger partial charge is 0.0240 e. The SMILES string of the molecule is CC1(C)CC1CC1CC2CC2(C)C1(C)C. The molecule has 0 radical (unpaired) electrons. The van der Waals surface area contributed by atoms with Crippen molar-refractivity contribution in [1.82, 2.24) is 0 Å². The topological polar surface area (TPSA) is 0 Å². The van der Waals surface area contributed by atoms with Gasteiger partial charge in [-0.05, 0) is 59.7 Å². The van der Waals surface area contributed by atoms with Crippen LogP contribution in [0.15, 0.2) is 0 Å². The Kier molecular flexibility index (Phi) is 1.67. The van der Waals surface area contributed by atoms with Crippen molar-refractivity contribution in [2.75, 3.05) is 0 Å². The van der Waals surface area contributed by atoms with Crippen LogP contribution in [0.2, 0.25) is 0 Å². The van der Waals surface area contributed by atoms with Crippen LogP contribution < -0.4 is 0 Å². The van der Waals surface area contributed by atoms with E-state index in [-0.39, 0.29) is 0 Å². The molecule has 0 aromatic heterocycles. The summed E-state index contributed by atoms with van der Waals surface area (Å²) in [5, 5.41) is 0. The summed E-state index contributed by atoms with van der Waals surface area (Å²) in [6.07, 6.45) is 6.06. The van der Waals surface area contributed by atoms with Crippen molar-refractivity contribution in [3.63, 3.8) is 0 Å². The van der Waals surface area contributed by atoms with Crippen molar-refractivity contribution in [2.45, 2.75) is 60.3 Å². The van der Waals surface area contributed by atoms with Gasteiger partial charge in [0.05, 0.1) is 0 Å². The molecule has 15 heavy (non-hydrogen) atoms. The van der Waals surface area contributed by atoms with Crippen LogP contribution in [-0.4, -0.2) is 0 Å². The highest BCUT2D eigenvalue weighted by Gasteiger charge is 2.67. The van der Waals surface area contributed by atoms with Crippen LogP contribution in [0.1, 0.15) is 60.3 Å². The molecule has 0 spiro atoms. The first-order chi connectivity index (χ1) is 6.77. The van der Waals surface area contributed by atoms with E-state index in [2.05, 4.69) is 34.6 Å². The highest BCUT2D eigenvalue weighted by atomic mass is 14.7. The van der Waals surface area contributed by atoms with E-state index in [0.717, 1.165) is 23.2 Å². The third kappa shape index (κ3) is 1.20. The molecule has 0 nitrogen and oxygen atoms in total. The lowest BCUT2D eigenvalue weighted by Gasteiger charge is -2.36. The number of fused-ring (bicyclic) bond motifs is 1. The van der Waals surface area contributed by atoms with E-state index in [0.29, 0.717) is 10.8 Å². The van der Waals surface area contributed by atoms with Crippen LogP contribution in [-0.2, 0) is 0 Å². The Hall–Kier alpha value is 0. The van der Waals surface area contributed by atoms with Gasteiger partial charge in [-0.1, -0.05) is 34.6 Å². The fourth-order valence-electron chi connectivity index (χ4n) is 4.40. The third-order valence-electron chi connectivity index (χ3n) is 6.76. The maximum absolute atomic E-state index is 2.54. The summed E-state index contributed by atoms with van der Waals surface area (Å²) in [4.78, 5) is 0. The number of hydrogen-bond acceptors (Lipinski definition) is 0. The Morgan fingerprint density at radius 2 is 1.53 bits per heavy atom. The normalized spacial score (nSPS) is 53.8. The lowest BCUT2D eigenvalue weighted by molar-refractivity contribution is 0.133. The van der Waals surface area contributed by atoms with Crippen molar-refractivity contribution in [2.24, 2.45) is 34.0 Å². The molecule has 0 N–H and O–H groups in total. The zero-order chi connectivity index (χ0) is 11.1. The molecular formula is C15H26. The lowest BCUT2D eigenvalue weighted by Crippen LogP contribution is -2.28. The van der Waals surface area contributed by atoms with E-state index in [1.807, 2.05) is 0 Å². The minimum atomic E-state index is 0.621. The molecule has 0 heterocycles. The summed E-state index contributed by atoms with van der Waals surface area (Å²) in [6, 6.07) is 0. The molecule has 3 fully saturated rings. The van der Waals surface area contributed by atoms with Gasteiger partial charge in [0.2, 0.25) is 0 Å². The summed E-state index contributed by atoms with van der Waals surface area (Å²) in [5.41, 5.74) is 2.02. The molecule has 3 saturated carbocycles. The van der Waals surface area contributed by atoms with Crippen LogP contribution in [0.25, 0.3) is 0 Å². The van der Waals surface area contributed by atoms with Gasteiger partial charge in [0.25, 0.3) is 0 Å². The predicted molar refractivity (Wildman–Crippen MR) is 64.6 cm³/mol. The molecule has 0 amide bonds. The molecule has 4 unspecified atom stereocenters. The molecule has 86 valence electrons. The standard InChI is InChI=1S/C15H26/c1-13(2)8-11(13)6-10-7-12-9-15(12,5)14(10,3)4/h10-12H,6-9H2,1-5H3. The Bertz CT molecular complexity index is 299. The molecule has 0 heteroatoms. The zero-order valence-electron chi connectivity index (χ0n) is 11.1. The second-order valence-electron chi connectivity index (χ2n) is 8.10. The van der Waals surface area contributed by atoms with Gasteiger partial charge in [-0.25, -0.2) is 0 Å². The van der Waals surface area contributed by atoms with Gasteiger partial charge in [0.15, 0.2) is 0 Å². The van der Waals surface area contributed by atoms with Gasteiger partial charge in [-0.2, -0.15) is 0 Å². The van der Waals surface area contributed by atoms with Gasteiger partial charge in [-0.3, -0.25) is 0 Å². The van der Waals surface area contributed by atoms with E-state index < -0.39 is 0 Å². The van der Waals surface area contributed by atoms with Gasteiger partial charge in [0.1, 0.15) is 0 Å². The van der Waals surface area contributed by atoms with E-state index in [1.165, 1.54) is 25.7 Å². The zero-order valence-corrected chi connectivity index (χ0v) is 11.1. The minimum Gasteiger partial charge on any atom is -0.0596 e. The molecular weight excluding hydrogens is 180 g/mol. The summed E-state index contributed by atoms with van der Waals surface area (Å²) in [7, 11) is 0. The van der Waals surface area contributed by atoms with E-state index in [4.69, 9.17) is 0 Å². The number of hydrogen-bond donors (Lipinski definition) is 0. The fraction of sp³-hybridized carbons (Fsp3) is 1.00. The molecule has 0 aromatic carbocycles. The molecule has 0 saturated heterocycles. The van der Waals surface area contributed by atoms with Crippen molar-refractivity contribution in [3.05, 3.63) is 0 Å². The summed E-state index contributed by atoms with van der Waals surface area (Å²) < 4.78 is 0.